The Morgan fingerprint density at radius 3 is 2.68 bits per heavy atom. The molecule has 2 aromatic heterocycles. The Bertz CT molecular complexity index is 977. The van der Waals surface area contributed by atoms with Crippen molar-refractivity contribution in [2.24, 2.45) is 10.1 Å². The average Bonchev–Trinajstić information content (AvgIpc) is 3.17. The standard InChI is InChI=1S/C19H18BrN3OS/c1-13(2)10-21-19-23(22-11-17-9-4-14(3)24-17)18(12-25-19)15-5-7-16(20)8-6-15/h4-9,11-12H,1,10H2,2-3H3. The molecular formula is C19H18BrN3OS. The van der Waals surface area contributed by atoms with Gasteiger partial charge in [-0.15, -0.1) is 11.3 Å². The van der Waals surface area contributed by atoms with Crippen LogP contribution in [-0.2, 0) is 0 Å². The number of hydrogen-bond donors (Lipinski definition) is 0. The van der Waals surface area contributed by atoms with E-state index in [9.17, 15) is 0 Å². The highest BCUT2D eigenvalue weighted by molar-refractivity contribution is 9.10. The topological polar surface area (TPSA) is 42.8 Å². The third-order valence-electron chi connectivity index (χ3n) is 3.37. The number of benzene rings is 1. The number of hydrogen-bond acceptors (Lipinski definition) is 4. The zero-order valence-electron chi connectivity index (χ0n) is 14.1. The van der Waals surface area contributed by atoms with Gasteiger partial charge in [-0.1, -0.05) is 40.2 Å². The first kappa shape index (κ1) is 17.6. The van der Waals surface area contributed by atoms with Crippen LogP contribution in [0, 0.1) is 6.92 Å². The minimum Gasteiger partial charge on any atom is -0.460 e. The van der Waals surface area contributed by atoms with Gasteiger partial charge in [0.05, 0.1) is 18.5 Å². The van der Waals surface area contributed by atoms with E-state index in [2.05, 4.69) is 50.1 Å². The van der Waals surface area contributed by atoms with Gasteiger partial charge in [-0.25, -0.2) is 4.68 Å². The molecule has 0 radical (unpaired) electrons. The van der Waals surface area contributed by atoms with Gasteiger partial charge in [0.2, 0.25) is 4.80 Å². The molecule has 0 saturated carbocycles. The molecule has 6 heteroatoms. The molecule has 25 heavy (non-hydrogen) atoms. The van der Waals surface area contributed by atoms with E-state index in [1.165, 1.54) is 0 Å². The zero-order valence-corrected chi connectivity index (χ0v) is 16.5. The van der Waals surface area contributed by atoms with Gasteiger partial charge >= 0.3 is 0 Å². The smallest absolute Gasteiger partial charge is 0.206 e. The maximum absolute atomic E-state index is 5.57. The minimum absolute atomic E-state index is 0.579. The van der Waals surface area contributed by atoms with Crippen molar-refractivity contribution in [1.82, 2.24) is 4.68 Å². The molecule has 0 aliphatic heterocycles. The average molecular weight is 416 g/mol. The normalized spacial score (nSPS) is 12.2. The van der Waals surface area contributed by atoms with Crippen molar-refractivity contribution in [3.63, 3.8) is 0 Å². The van der Waals surface area contributed by atoms with E-state index in [0.29, 0.717) is 12.3 Å². The highest BCUT2D eigenvalue weighted by Gasteiger charge is 2.07. The lowest BCUT2D eigenvalue weighted by atomic mass is 10.2. The fourth-order valence-electron chi connectivity index (χ4n) is 2.18. The number of aromatic nitrogens is 1. The Morgan fingerprint density at radius 2 is 2.04 bits per heavy atom. The molecule has 0 unspecified atom stereocenters. The molecule has 128 valence electrons. The molecule has 0 aliphatic rings. The van der Waals surface area contributed by atoms with Crippen molar-refractivity contribution in [3.05, 3.63) is 74.7 Å². The van der Waals surface area contributed by atoms with Crippen molar-refractivity contribution in [2.45, 2.75) is 13.8 Å². The van der Waals surface area contributed by atoms with Crippen molar-refractivity contribution < 1.29 is 4.42 Å². The fourth-order valence-corrected chi connectivity index (χ4v) is 3.28. The predicted octanol–water partition coefficient (Wildman–Crippen LogP) is 5.24. The number of furan rings is 1. The summed E-state index contributed by atoms with van der Waals surface area (Å²) in [5.41, 5.74) is 3.07. The molecule has 1 aromatic carbocycles. The molecule has 0 fully saturated rings. The SMILES string of the molecule is C=C(C)CN=c1scc(-c2ccc(Br)cc2)n1N=Cc1ccc(C)o1. The predicted molar refractivity (Wildman–Crippen MR) is 107 cm³/mol. The number of aryl methyl sites for hydroxylation is 1. The Balaban J connectivity index is 2.06. The van der Waals surface area contributed by atoms with E-state index in [4.69, 9.17) is 4.42 Å². The Kier molecular flexibility index (Phi) is 5.50. The maximum atomic E-state index is 5.57. The van der Waals surface area contributed by atoms with E-state index in [1.54, 1.807) is 17.6 Å². The molecule has 0 N–H and O–H groups in total. The van der Waals surface area contributed by atoms with Gasteiger partial charge in [0, 0.05) is 15.4 Å². The molecule has 3 rings (SSSR count). The molecule has 3 aromatic rings. The van der Waals surface area contributed by atoms with Crippen LogP contribution in [0.25, 0.3) is 11.3 Å². The van der Waals surface area contributed by atoms with Gasteiger partial charge in [0.1, 0.15) is 11.5 Å². The largest absolute Gasteiger partial charge is 0.460 e. The second-order valence-electron chi connectivity index (χ2n) is 5.69. The molecule has 0 atom stereocenters. The lowest BCUT2D eigenvalue weighted by Gasteiger charge is -2.03. The number of thiazole rings is 1. The number of halogens is 1. The molecule has 2 heterocycles. The zero-order chi connectivity index (χ0) is 17.8. The highest BCUT2D eigenvalue weighted by Crippen LogP contribution is 2.22. The van der Waals surface area contributed by atoms with E-state index in [-0.39, 0.29) is 0 Å². The van der Waals surface area contributed by atoms with E-state index >= 15 is 0 Å². The summed E-state index contributed by atoms with van der Waals surface area (Å²) in [5.74, 6) is 1.57. The van der Waals surface area contributed by atoms with Gasteiger partial charge in [0.15, 0.2) is 0 Å². The molecule has 0 spiro atoms. The van der Waals surface area contributed by atoms with Crippen LogP contribution in [-0.4, -0.2) is 17.4 Å². The molecule has 0 bridgehead atoms. The summed E-state index contributed by atoms with van der Waals surface area (Å²) in [6, 6.07) is 12.0. The van der Waals surface area contributed by atoms with Crippen molar-refractivity contribution in [3.8, 4) is 11.3 Å². The fraction of sp³-hybridized carbons (Fsp3) is 0.158. The first-order valence-electron chi connectivity index (χ1n) is 7.75. The van der Waals surface area contributed by atoms with E-state index in [1.807, 2.05) is 42.8 Å². The molecule has 0 aliphatic carbocycles. The van der Waals surface area contributed by atoms with Gasteiger partial charge < -0.3 is 4.42 Å². The summed E-state index contributed by atoms with van der Waals surface area (Å²) in [5, 5.41) is 6.66. The summed E-state index contributed by atoms with van der Waals surface area (Å²) in [4.78, 5) is 5.44. The van der Waals surface area contributed by atoms with Crippen LogP contribution >= 0.6 is 27.3 Å². The monoisotopic (exact) mass is 415 g/mol. The van der Waals surface area contributed by atoms with Crippen LogP contribution in [0.4, 0.5) is 0 Å². The first-order chi connectivity index (χ1) is 12.0. The van der Waals surface area contributed by atoms with E-state index in [0.717, 1.165) is 31.9 Å². The van der Waals surface area contributed by atoms with Gasteiger partial charge in [-0.05, 0) is 38.1 Å². The molecule has 0 saturated heterocycles. The van der Waals surface area contributed by atoms with Gasteiger partial charge in [0.25, 0.3) is 0 Å². The summed E-state index contributed by atoms with van der Waals surface area (Å²) in [7, 11) is 0. The number of rotatable bonds is 5. The van der Waals surface area contributed by atoms with Crippen LogP contribution in [0.5, 0.6) is 0 Å². The van der Waals surface area contributed by atoms with Crippen molar-refractivity contribution >= 4 is 33.5 Å². The number of nitrogens with zero attached hydrogens (tertiary/aromatic N) is 3. The second kappa shape index (κ2) is 7.80. The third-order valence-corrected chi connectivity index (χ3v) is 4.75. The van der Waals surface area contributed by atoms with Gasteiger partial charge in [-0.2, -0.15) is 5.10 Å². The van der Waals surface area contributed by atoms with Crippen LogP contribution in [0.1, 0.15) is 18.4 Å². The Morgan fingerprint density at radius 1 is 1.28 bits per heavy atom. The first-order valence-corrected chi connectivity index (χ1v) is 9.42. The van der Waals surface area contributed by atoms with Crippen molar-refractivity contribution in [1.29, 1.82) is 0 Å². The Labute approximate surface area is 159 Å². The Hall–Kier alpha value is -2.18. The lowest BCUT2D eigenvalue weighted by Crippen LogP contribution is -2.12. The third kappa shape index (κ3) is 4.46. The van der Waals surface area contributed by atoms with Crippen LogP contribution in [0.3, 0.4) is 0 Å². The van der Waals surface area contributed by atoms with Crippen molar-refractivity contribution in [2.75, 3.05) is 6.54 Å². The van der Waals surface area contributed by atoms with Gasteiger partial charge in [-0.3, -0.25) is 4.99 Å². The van der Waals surface area contributed by atoms with Crippen LogP contribution < -0.4 is 4.80 Å². The minimum atomic E-state index is 0.579. The quantitative estimate of drug-likeness (QED) is 0.414. The lowest BCUT2D eigenvalue weighted by molar-refractivity contribution is 0.527. The van der Waals surface area contributed by atoms with Crippen LogP contribution in [0.15, 0.2) is 72.9 Å². The van der Waals surface area contributed by atoms with E-state index < -0.39 is 0 Å². The summed E-state index contributed by atoms with van der Waals surface area (Å²) in [6.07, 6.45) is 1.71. The summed E-state index contributed by atoms with van der Waals surface area (Å²) < 4.78 is 8.45. The summed E-state index contributed by atoms with van der Waals surface area (Å²) >= 11 is 5.03. The maximum Gasteiger partial charge on any atom is 0.206 e. The molecular weight excluding hydrogens is 398 g/mol. The van der Waals surface area contributed by atoms with Crippen LogP contribution in [0.2, 0.25) is 0 Å². The molecule has 0 amide bonds. The second-order valence-corrected chi connectivity index (χ2v) is 7.44. The summed E-state index contributed by atoms with van der Waals surface area (Å²) in [6.45, 7) is 8.37. The highest BCUT2D eigenvalue weighted by atomic mass is 79.9. The molecule has 4 nitrogen and oxygen atoms in total.